The molecule has 244 valence electrons. The smallest absolute Gasteiger partial charge is 0.463 e. The molecule has 0 aliphatic rings. The van der Waals surface area contributed by atoms with Crippen LogP contribution >= 0.6 is 7.82 Å². The highest BCUT2D eigenvalue weighted by Gasteiger charge is 2.23. The predicted octanol–water partition coefficient (Wildman–Crippen LogP) is 7.76. The highest BCUT2D eigenvalue weighted by Crippen LogP contribution is 2.42. The van der Waals surface area contributed by atoms with Gasteiger partial charge in [0.05, 0.1) is 13.2 Å². The van der Waals surface area contributed by atoms with Crippen molar-refractivity contribution in [2.24, 2.45) is 0 Å². The molecule has 0 aromatic heterocycles. The number of hydrogen-bond donors (Lipinski definition) is 3. The average molecular weight is 608 g/mol. The van der Waals surface area contributed by atoms with Crippen molar-refractivity contribution in [2.75, 3.05) is 26.4 Å². The number of rotatable bonds is 31. The number of phosphoric acid groups is 1. The first kappa shape index (κ1) is 40.0. The maximum absolute atomic E-state index is 11.9. The van der Waals surface area contributed by atoms with Gasteiger partial charge >= 0.3 is 13.8 Å². The quantitative estimate of drug-likeness (QED) is 0.0414. The molecule has 0 radical (unpaired) electrons. The molecule has 0 saturated heterocycles. The first-order chi connectivity index (χ1) is 19.8. The van der Waals surface area contributed by atoms with Gasteiger partial charge in [0.1, 0.15) is 12.7 Å². The molecule has 9 nitrogen and oxygen atoms in total. The van der Waals surface area contributed by atoms with Crippen molar-refractivity contribution in [1.82, 2.24) is 5.32 Å². The van der Waals surface area contributed by atoms with Crippen LogP contribution in [0, 0.1) is 0 Å². The third kappa shape index (κ3) is 30.3. The molecule has 0 saturated carbocycles. The largest absolute Gasteiger partial charge is 0.472 e. The molecule has 3 N–H and O–H groups in total. The Morgan fingerprint density at radius 3 is 1.59 bits per heavy atom. The standard InChI is InChI=1S/C31H62NO8P/c1-3-5-7-9-11-12-13-14-15-16-17-18-19-21-23-30(34)32-25-26-39-41(36,37)40-28-29(33)27-38-31(35)24-22-20-10-8-6-4-2/h29,33H,3-28H2,1-2H3,(H,32,34)(H,36,37). The van der Waals surface area contributed by atoms with E-state index in [1.165, 1.54) is 83.5 Å². The van der Waals surface area contributed by atoms with Gasteiger partial charge in [0, 0.05) is 19.4 Å². The van der Waals surface area contributed by atoms with E-state index in [0.29, 0.717) is 6.42 Å². The van der Waals surface area contributed by atoms with Gasteiger partial charge in [0.15, 0.2) is 0 Å². The van der Waals surface area contributed by atoms with Crippen LogP contribution in [0.25, 0.3) is 0 Å². The summed E-state index contributed by atoms with van der Waals surface area (Å²) in [5.41, 5.74) is 0. The number of aliphatic hydroxyl groups is 1. The lowest BCUT2D eigenvalue weighted by Gasteiger charge is -2.15. The Morgan fingerprint density at radius 1 is 0.659 bits per heavy atom. The summed E-state index contributed by atoms with van der Waals surface area (Å²) in [5, 5.41) is 12.5. The van der Waals surface area contributed by atoms with Gasteiger partial charge in [-0.25, -0.2) is 4.57 Å². The Balaban J connectivity index is 3.60. The Labute approximate surface area is 250 Å². The van der Waals surface area contributed by atoms with E-state index in [-0.39, 0.29) is 32.1 Å². The van der Waals surface area contributed by atoms with Gasteiger partial charge in [-0.3, -0.25) is 18.6 Å². The zero-order chi connectivity index (χ0) is 30.4. The summed E-state index contributed by atoms with van der Waals surface area (Å²) in [5.74, 6) is -0.521. The number of amides is 1. The predicted molar refractivity (Wildman–Crippen MR) is 165 cm³/mol. The summed E-state index contributed by atoms with van der Waals surface area (Å²) >= 11 is 0. The van der Waals surface area contributed by atoms with Gasteiger partial charge in [0.2, 0.25) is 5.91 Å². The van der Waals surface area contributed by atoms with E-state index in [1.54, 1.807) is 0 Å². The fraction of sp³-hybridized carbons (Fsp3) is 0.935. The van der Waals surface area contributed by atoms with Crippen LogP contribution in [-0.2, 0) is 27.9 Å². The molecule has 1 amide bonds. The summed E-state index contributed by atoms with van der Waals surface area (Å²) in [7, 11) is -4.39. The molecule has 0 bridgehead atoms. The van der Waals surface area contributed by atoms with E-state index < -0.39 is 26.5 Å². The second kappa shape index (κ2) is 29.1. The molecule has 0 aromatic carbocycles. The first-order valence-corrected chi connectivity index (χ1v) is 18.0. The summed E-state index contributed by atoms with van der Waals surface area (Å²) < 4.78 is 26.5. The molecule has 10 heteroatoms. The molecular weight excluding hydrogens is 545 g/mol. The normalized spacial score (nSPS) is 13.6. The lowest BCUT2D eigenvalue weighted by atomic mass is 10.0. The number of nitrogens with one attached hydrogen (secondary N) is 1. The number of unbranched alkanes of at least 4 members (excludes halogenated alkanes) is 18. The van der Waals surface area contributed by atoms with E-state index in [0.717, 1.165) is 44.9 Å². The van der Waals surface area contributed by atoms with Crippen LogP contribution in [0.2, 0.25) is 0 Å². The van der Waals surface area contributed by atoms with Crippen LogP contribution in [0.1, 0.15) is 155 Å². The monoisotopic (exact) mass is 607 g/mol. The number of carbonyl (C=O) groups excluding carboxylic acids is 2. The number of carbonyl (C=O) groups is 2. The molecule has 0 heterocycles. The van der Waals surface area contributed by atoms with Crippen molar-refractivity contribution in [3.8, 4) is 0 Å². The Bertz CT molecular complexity index is 664. The number of ether oxygens (including phenoxy) is 1. The molecule has 0 aliphatic heterocycles. The highest BCUT2D eigenvalue weighted by atomic mass is 31.2. The van der Waals surface area contributed by atoms with E-state index >= 15 is 0 Å². The molecular formula is C31H62NO8P. The molecule has 0 aliphatic carbocycles. The number of phosphoric ester groups is 1. The maximum Gasteiger partial charge on any atom is 0.472 e. The minimum atomic E-state index is -4.39. The fourth-order valence-electron chi connectivity index (χ4n) is 4.50. The minimum absolute atomic E-state index is 0.0873. The Hall–Kier alpha value is -0.990. The number of hydrogen-bond acceptors (Lipinski definition) is 7. The van der Waals surface area contributed by atoms with Crippen LogP contribution in [0.4, 0.5) is 0 Å². The maximum atomic E-state index is 11.9. The Morgan fingerprint density at radius 2 is 1.10 bits per heavy atom. The summed E-state index contributed by atoms with van der Waals surface area (Å²) in [6.07, 6.45) is 23.5. The van der Waals surface area contributed by atoms with Crippen molar-refractivity contribution in [2.45, 2.75) is 161 Å². The van der Waals surface area contributed by atoms with E-state index in [9.17, 15) is 24.2 Å². The molecule has 0 fully saturated rings. The number of esters is 1. The molecule has 0 rings (SSSR count). The SMILES string of the molecule is CCCCCCCCCCCCCCCCC(=O)NCCOP(=O)(O)OCC(O)COC(=O)CCCCCCCC. The van der Waals surface area contributed by atoms with Gasteiger partial charge in [-0.1, -0.05) is 129 Å². The van der Waals surface area contributed by atoms with Crippen molar-refractivity contribution in [1.29, 1.82) is 0 Å². The highest BCUT2D eigenvalue weighted by molar-refractivity contribution is 7.47. The van der Waals surface area contributed by atoms with Gasteiger partial charge in [-0.15, -0.1) is 0 Å². The van der Waals surface area contributed by atoms with Crippen LogP contribution in [0.15, 0.2) is 0 Å². The van der Waals surface area contributed by atoms with Crippen LogP contribution in [0.5, 0.6) is 0 Å². The van der Waals surface area contributed by atoms with Gasteiger partial charge < -0.3 is 20.1 Å². The first-order valence-electron chi connectivity index (χ1n) is 16.5. The number of aliphatic hydroxyl groups excluding tert-OH is 1. The molecule has 0 aromatic rings. The van der Waals surface area contributed by atoms with Gasteiger partial charge in [-0.2, -0.15) is 0 Å². The third-order valence-corrected chi connectivity index (χ3v) is 8.02. The van der Waals surface area contributed by atoms with Crippen LogP contribution in [0.3, 0.4) is 0 Å². The topological polar surface area (TPSA) is 131 Å². The molecule has 41 heavy (non-hydrogen) atoms. The van der Waals surface area contributed by atoms with Gasteiger partial charge in [-0.05, 0) is 12.8 Å². The Kier molecular flexibility index (Phi) is 28.4. The van der Waals surface area contributed by atoms with E-state index in [2.05, 4.69) is 19.2 Å². The van der Waals surface area contributed by atoms with Crippen molar-refractivity contribution >= 4 is 19.7 Å². The molecule has 0 spiro atoms. The summed E-state index contributed by atoms with van der Waals surface area (Å²) in [6.45, 7) is 3.47. The lowest BCUT2D eigenvalue weighted by Crippen LogP contribution is -2.27. The van der Waals surface area contributed by atoms with Crippen LogP contribution in [-0.4, -0.2) is 54.3 Å². The van der Waals surface area contributed by atoms with Crippen molar-refractivity contribution in [3.63, 3.8) is 0 Å². The minimum Gasteiger partial charge on any atom is -0.463 e. The third-order valence-electron chi connectivity index (χ3n) is 7.04. The average Bonchev–Trinajstić information content (AvgIpc) is 2.95. The van der Waals surface area contributed by atoms with Crippen LogP contribution < -0.4 is 5.32 Å². The van der Waals surface area contributed by atoms with Crippen molar-refractivity contribution < 1.29 is 37.9 Å². The summed E-state index contributed by atoms with van der Waals surface area (Å²) in [6, 6.07) is 0. The van der Waals surface area contributed by atoms with Crippen molar-refractivity contribution in [3.05, 3.63) is 0 Å². The lowest BCUT2D eigenvalue weighted by molar-refractivity contribution is -0.147. The molecule has 2 unspecified atom stereocenters. The van der Waals surface area contributed by atoms with Gasteiger partial charge in [0.25, 0.3) is 0 Å². The molecule has 2 atom stereocenters. The van der Waals surface area contributed by atoms with E-state index in [4.69, 9.17) is 13.8 Å². The second-order valence-corrected chi connectivity index (χ2v) is 12.6. The fourth-order valence-corrected chi connectivity index (χ4v) is 5.25. The zero-order valence-corrected chi connectivity index (χ0v) is 27.1. The summed E-state index contributed by atoms with van der Waals surface area (Å²) in [4.78, 5) is 33.4. The van der Waals surface area contributed by atoms with E-state index in [1.807, 2.05) is 0 Å². The second-order valence-electron chi connectivity index (χ2n) is 11.1. The zero-order valence-electron chi connectivity index (χ0n) is 26.3.